The van der Waals surface area contributed by atoms with Crippen LogP contribution in [-0.2, 0) is 29.5 Å². The van der Waals surface area contributed by atoms with Crippen molar-refractivity contribution in [2.75, 3.05) is 100 Å². The van der Waals surface area contributed by atoms with Crippen molar-refractivity contribution in [3.8, 4) is 6.07 Å². The van der Waals surface area contributed by atoms with Crippen LogP contribution >= 0.6 is 22.9 Å². The summed E-state index contributed by atoms with van der Waals surface area (Å²) < 4.78 is 66.6. The number of nitrogens with zero attached hydrogens (tertiary/aromatic N) is 10. The highest BCUT2D eigenvalue weighted by atomic mass is 35.5. The van der Waals surface area contributed by atoms with Crippen molar-refractivity contribution in [3.63, 3.8) is 0 Å². The van der Waals surface area contributed by atoms with Gasteiger partial charge >= 0.3 is 0 Å². The van der Waals surface area contributed by atoms with Crippen LogP contribution in [0.15, 0.2) is 43.4 Å². The molecular formula is C28H37ClN14O6S4. The Balaban J connectivity index is 0.000000174. The number of nitrogen functional groups attached to an aromatic ring is 2. The number of rotatable bonds is 4. The van der Waals surface area contributed by atoms with Crippen molar-refractivity contribution in [1.82, 2.24) is 40.2 Å². The third kappa shape index (κ3) is 14.4. The summed E-state index contributed by atoms with van der Waals surface area (Å²) in [5, 5.41) is 15.7. The molecule has 0 amide bonds. The molecule has 0 aliphatic carbocycles. The highest BCUT2D eigenvalue weighted by Gasteiger charge is 2.23. The van der Waals surface area contributed by atoms with Crippen LogP contribution in [0, 0.1) is 11.3 Å². The molecule has 7 heterocycles. The number of thiazole rings is 1. The lowest BCUT2D eigenvalue weighted by atomic mass is 10.4. The van der Waals surface area contributed by atoms with Crippen LogP contribution in [0.2, 0.25) is 5.15 Å². The van der Waals surface area contributed by atoms with Crippen molar-refractivity contribution in [2.24, 2.45) is 0 Å². The molecule has 0 aromatic carbocycles. The molecule has 4 aromatic rings. The monoisotopic (exact) mass is 828 g/mol. The molecule has 0 spiro atoms. The van der Waals surface area contributed by atoms with E-state index in [0.717, 1.165) is 0 Å². The third-order valence-corrected chi connectivity index (χ3v) is 13.2. The second kappa shape index (κ2) is 19.0. The lowest BCUT2D eigenvalue weighted by Crippen LogP contribution is -2.40. The molecule has 25 heteroatoms. The number of hydrogen-bond acceptors (Lipinski definition) is 21. The number of halogens is 1. The quantitative estimate of drug-likeness (QED) is 0.194. The van der Waals surface area contributed by atoms with E-state index >= 15 is 0 Å². The van der Waals surface area contributed by atoms with Crippen molar-refractivity contribution in [3.05, 3.63) is 53.4 Å². The highest BCUT2D eigenvalue weighted by Crippen LogP contribution is 2.23. The van der Waals surface area contributed by atoms with E-state index < -0.39 is 29.5 Å². The van der Waals surface area contributed by atoms with E-state index in [0.29, 0.717) is 95.0 Å². The highest BCUT2D eigenvalue weighted by molar-refractivity contribution is 7.92. The average molecular weight is 829 g/mol. The predicted molar refractivity (Wildman–Crippen MR) is 203 cm³/mol. The van der Waals surface area contributed by atoms with Crippen LogP contribution in [0.3, 0.4) is 0 Å². The molecule has 0 radical (unpaired) electrons. The van der Waals surface area contributed by atoms with Gasteiger partial charge in [0.2, 0.25) is 0 Å². The molecular weight excluding hydrogens is 792 g/mol. The first-order chi connectivity index (χ1) is 25.1. The predicted octanol–water partition coefficient (Wildman–Crippen LogP) is -0.207. The van der Waals surface area contributed by atoms with Gasteiger partial charge in [-0.05, 0) is 0 Å². The fourth-order valence-corrected chi connectivity index (χ4v) is 8.82. The number of nitrogens with one attached hydrogen (secondary N) is 2. The van der Waals surface area contributed by atoms with Crippen LogP contribution in [0.25, 0.3) is 0 Å². The summed E-state index contributed by atoms with van der Waals surface area (Å²) in [6.07, 6.45) is 5.61. The van der Waals surface area contributed by atoms with Crippen LogP contribution in [0.1, 0.15) is 4.88 Å². The Bertz CT molecular complexity index is 2150. The molecule has 3 aliphatic rings. The van der Waals surface area contributed by atoms with Crippen molar-refractivity contribution >= 4 is 86.7 Å². The molecule has 0 atom stereocenters. The fraction of sp³-hybridized carbons (Fsp3) is 0.429. The van der Waals surface area contributed by atoms with Gasteiger partial charge in [0.15, 0.2) is 34.6 Å². The Kier molecular flexibility index (Phi) is 14.8. The molecule has 4 aromatic heterocycles. The number of nitriles is 1. The number of hydrogen-bond donors (Lipinski definition) is 4. The van der Waals surface area contributed by atoms with E-state index in [-0.39, 0.29) is 23.0 Å². The van der Waals surface area contributed by atoms with Crippen LogP contribution in [0.4, 0.5) is 34.2 Å². The molecule has 7 rings (SSSR count). The largest absolute Gasteiger partial charge is 0.384 e. The molecule has 3 saturated heterocycles. The van der Waals surface area contributed by atoms with Crippen molar-refractivity contribution in [2.45, 2.75) is 0 Å². The van der Waals surface area contributed by atoms with Gasteiger partial charge in [-0.2, -0.15) is 5.26 Å². The second-order valence-electron chi connectivity index (χ2n) is 11.3. The van der Waals surface area contributed by atoms with Crippen molar-refractivity contribution < 1.29 is 25.3 Å². The summed E-state index contributed by atoms with van der Waals surface area (Å²) in [7, 11) is -8.42. The van der Waals surface area contributed by atoms with Gasteiger partial charge in [0.05, 0.1) is 40.7 Å². The molecule has 20 nitrogen and oxygen atoms in total. The molecule has 286 valence electrons. The van der Waals surface area contributed by atoms with E-state index in [2.05, 4.69) is 45.5 Å². The average Bonchev–Trinajstić information content (AvgIpc) is 3.56. The minimum absolute atomic E-state index is 0.137. The zero-order valence-electron chi connectivity index (χ0n) is 28.1. The van der Waals surface area contributed by atoms with Gasteiger partial charge in [-0.15, -0.1) is 0 Å². The number of anilines is 6. The van der Waals surface area contributed by atoms with Gasteiger partial charge in [-0.3, -0.25) is 0 Å². The summed E-state index contributed by atoms with van der Waals surface area (Å²) in [4.78, 5) is 31.8. The van der Waals surface area contributed by atoms with Crippen LogP contribution in [-0.4, -0.2) is 134 Å². The lowest BCUT2D eigenvalue weighted by molar-refractivity contribution is 0.577. The maximum absolute atomic E-state index is 11.5. The van der Waals surface area contributed by atoms with E-state index in [1.165, 1.54) is 42.6 Å². The summed E-state index contributed by atoms with van der Waals surface area (Å²) in [5.74, 6) is 3.96. The molecule has 3 fully saturated rings. The maximum Gasteiger partial charge on any atom is 0.189 e. The van der Waals surface area contributed by atoms with Crippen LogP contribution in [0.5, 0.6) is 0 Å². The lowest BCUT2D eigenvalue weighted by Gasteiger charge is -2.27. The SMILES string of the molecule is N#Cc1cnc(Nc2cc(N3CCS(=O)(=O)CC3)ncn2)s1.Nc1cc(Cl)ncn1.Nc1cc(N2CCS(=O)(=O)CC2)ncn1.O=S1(=O)CCNCC1. The molecule has 3 aliphatic heterocycles. The number of aromatic nitrogens is 7. The normalized spacial score (nSPS) is 18.3. The second-order valence-corrected chi connectivity index (χ2v) is 19.6. The zero-order chi connectivity index (χ0) is 38.5. The van der Waals surface area contributed by atoms with Gasteiger partial charge in [0.1, 0.15) is 64.2 Å². The molecule has 53 heavy (non-hydrogen) atoms. The Hall–Kier alpha value is -4.54. The fourth-order valence-electron chi connectivity index (χ4n) is 4.53. The van der Waals surface area contributed by atoms with Gasteiger partial charge in [0.25, 0.3) is 0 Å². The van der Waals surface area contributed by atoms with E-state index in [4.69, 9.17) is 28.3 Å². The van der Waals surface area contributed by atoms with Crippen molar-refractivity contribution in [1.29, 1.82) is 5.26 Å². The Morgan fingerprint density at radius 3 is 1.62 bits per heavy atom. The van der Waals surface area contributed by atoms with Gasteiger partial charge in [0, 0.05) is 57.5 Å². The Labute approximate surface area is 315 Å². The Morgan fingerprint density at radius 2 is 1.19 bits per heavy atom. The molecule has 0 saturated carbocycles. The van der Waals surface area contributed by atoms with E-state index in [1.807, 2.05) is 15.9 Å². The first-order valence-electron chi connectivity index (χ1n) is 15.7. The number of sulfone groups is 3. The molecule has 0 bridgehead atoms. The minimum atomic E-state index is -2.92. The summed E-state index contributed by atoms with van der Waals surface area (Å²) >= 11 is 6.65. The summed E-state index contributed by atoms with van der Waals surface area (Å²) in [6.45, 7) is 3.05. The summed E-state index contributed by atoms with van der Waals surface area (Å²) in [5.41, 5.74) is 10.7. The summed E-state index contributed by atoms with van der Waals surface area (Å²) in [6, 6.07) is 6.90. The maximum atomic E-state index is 11.5. The smallest absolute Gasteiger partial charge is 0.189 e. The minimum Gasteiger partial charge on any atom is -0.384 e. The zero-order valence-corrected chi connectivity index (χ0v) is 32.1. The molecule has 0 unspecified atom stereocenters. The van der Waals surface area contributed by atoms with Gasteiger partial charge in [-0.1, -0.05) is 22.9 Å². The van der Waals surface area contributed by atoms with Gasteiger partial charge in [-0.25, -0.2) is 60.1 Å². The Morgan fingerprint density at radius 1 is 0.698 bits per heavy atom. The topological polar surface area (TPSA) is 299 Å². The molecule has 6 N–H and O–H groups in total. The van der Waals surface area contributed by atoms with Crippen LogP contribution < -0.4 is 31.9 Å². The van der Waals surface area contributed by atoms with E-state index in [1.54, 1.807) is 12.1 Å². The van der Waals surface area contributed by atoms with E-state index in [9.17, 15) is 25.3 Å². The third-order valence-electron chi connectivity index (χ3n) is 7.35. The first kappa shape index (κ1) is 41.2. The standard InChI is InChI=1S/C12H12N6O2S2.C8H12N4O2S.C4H4ClN3.C4H9NO2S/c13-6-9-7-14-12(21-9)17-10-5-11(16-8-15-10)18-1-3-22(19,20)4-2-18;9-7-5-8(11-6-10-7)12-1-3-15(13,14)4-2-12;5-3-1-4(6)8-2-7-3;6-8(7)3-1-5-2-4-8/h5,7-8H,1-4H2,(H,14,15,16,17);5-6H,1-4H2,(H2,9,10,11);1-2H,(H2,6,7,8);5H,1-4H2. The van der Waals surface area contributed by atoms with Gasteiger partial charge < -0.3 is 31.9 Å². The first-order valence-corrected chi connectivity index (χ1v) is 22.4. The number of nitrogens with two attached hydrogens (primary N) is 2.